The molecule has 0 N–H and O–H groups in total. The van der Waals surface area contributed by atoms with Crippen molar-refractivity contribution in [2.75, 3.05) is 6.54 Å². The molecule has 0 aliphatic carbocycles. The van der Waals surface area contributed by atoms with Crippen LogP contribution >= 0.6 is 22.7 Å². The Balaban J connectivity index is 1.71. The van der Waals surface area contributed by atoms with Crippen LogP contribution in [0.4, 0.5) is 0 Å². The predicted octanol–water partition coefficient (Wildman–Crippen LogP) is 2.16. The number of hydrogen-bond donors (Lipinski definition) is 0. The molecule has 3 heterocycles. The summed E-state index contributed by atoms with van der Waals surface area (Å²) in [6, 6.07) is 0. The summed E-state index contributed by atoms with van der Waals surface area (Å²) in [5.41, 5.74) is 3.26. The summed E-state index contributed by atoms with van der Waals surface area (Å²) in [5, 5.41) is 3.25. The highest BCUT2D eigenvalue weighted by Gasteiger charge is 2.18. The first-order chi connectivity index (χ1) is 7.42. The van der Waals surface area contributed by atoms with E-state index in [9.17, 15) is 0 Å². The number of hydrogen-bond acceptors (Lipinski definition) is 5. The van der Waals surface area contributed by atoms with E-state index in [0.29, 0.717) is 0 Å². The van der Waals surface area contributed by atoms with E-state index in [1.54, 1.807) is 22.7 Å². The molecule has 0 fully saturated rings. The Labute approximate surface area is 96.4 Å². The van der Waals surface area contributed by atoms with Crippen molar-refractivity contribution < 1.29 is 0 Å². The second-order valence-corrected chi connectivity index (χ2v) is 5.53. The lowest BCUT2D eigenvalue weighted by atomic mass is 10.2. The van der Waals surface area contributed by atoms with Crippen LogP contribution in [0.15, 0.2) is 17.1 Å². The van der Waals surface area contributed by atoms with E-state index < -0.39 is 0 Å². The first-order valence-corrected chi connectivity index (χ1v) is 6.70. The van der Waals surface area contributed by atoms with Crippen LogP contribution < -0.4 is 0 Å². The zero-order valence-electron chi connectivity index (χ0n) is 8.22. The van der Waals surface area contributed by atoms with Gasteiger partial charge in [0.25, 0.3) is 0 Å². The Morgan fingerprint density at radius 2 is 2.33 bits per heavy atom. The van der Waals surface area contributed by atoms with Crippen molar-refractivity contribution >= 4 is 22.7 Å². The van der Waals surface area contributed by atoms with Gasteiger partial charge >= 0.3 is 0 Å². The summed E-state index contributed by atoms with van der Waals surface area (Å²) in [6.07, 6.45) is 2.96. The van der Waals surface area contributed by atoms with Crippen LogP contribution in [0.25, 0.3) is 0 Å². The monoisotopic (exact) mass is 237 g/mol. The molecule has 0 spiro atoms. The largest absolute Gasteiger partial charge is 0.291 e. The van der Waals surface area contributed by atoms with Crippen molar-refractivity contribution in [2.24, 2.45) is 0 Å². The fraction of sp³-hybridized carbons (Fsp3) is 0.400. The molecular weight excluding hydrogens is 226 g/mol. The molecule has 2 aromatic heterocycles. The number of fused-ring (bicyclic) bond motifs is 1. The Morgan fingerprint density at radius 3 is 3.20 bits per heavy atom. The molecule has 2 aromatic rings. The van der Waals surface area contributed by atoms with Gasteiger partial charge in [-0.15, -0.1) is 22.7 Å². The minimum atomic E-state index is 0.981. The lowest BCUT2D eigenvalue weighted by Crippen LogP contribution is -2.29. The molecule has 78 valence electrons. The molecule has 0 bridgehead atoms. The normalized spacial score (nSPS) is 16.5. The molecule has 0 amide bonds. The zero-order valence-corrected chi connectivity index (χ0v) is 9.85. The van der Waals surface area contributed by atoms with Gasteiger partial charge in [0.1, 0.15) is 5.01 Å². The lowest BCUT2D eigenvalue weighted by molar-refractivity contribution is 0.247. The third kappa shape index (κ3) is 1.95. The quantitative estimate of drug-likeness (QED) is 0.801. The van der Waals surface area contributed by atoms with Crippen LogP contribution in [0.3, 0.4) is 0 Å². The van der Waals surface area contributed by atoms with Gasteiger partial charge in [0.2, 0.25) is 0 Å². The van der Waals surface area contributed by atoms with Gasteiger partial charge in [0.05, 0.1) is 17.7 Å². The topological polar surface area (TPSA) is 29.0 Å². The van der Waals surface area contributed by atoms with Gasteiger partial charge in [-0.1, -0.05) is 0 Å². The van der Waals surface area contributed by atoms with Crippen LogP contribution in [-0.2, 0) is 19.5 Å². The average molecular weight is 237 g/mol. The highest BCUT2D eigenvalue weighted by atomic mass is 32.1. The molecule has 1 aliphatic heterocycles. The van der Waals surface area contributed by atoms with Crippen LogP contribution in [-0.4, -0.2) is 21.4 Å². The third-order valence-electron chi connectivity index (χ3n) is 2.60. The molecule has 0 saturated heterocycles. The van der Waals surface area contributed by atoms with Crippen LogP contribution in [0.1, 0.15) is 15.6 Å². The molecule has 15 heavy (non-hydrogen) atoms. The summed E-state index contributed by atoms with van der Waals surface area (Å²) in [5.74, 6) is 0. The highest BCUT2D eigenvalue weighted by molar-refractivity contribution is 7.10. The van der Waals surface area contributed by atoms with Crippen LogP contribution in [0.5, 0.6) is 0 Å². The molecule has 0 aromatic carbocycles. The zero-order chi connectivity index (χ0) is 10.1. The molecule has 5 heteroatoms. The fourth-order valence-corrected chi connectivity index (χ4v) is 3.34. The first-order valence-electron chi connectivity index (χ1n) is 4.94. The summed E-state index contributed by atoms with van der Waals surface area (Å²) < 4.78 is 0. The Bertz CT molecular complexity index is 435. The van der Waals surface area contributed by atoms with E-state index in [1.165, 1.54) is 15.6 Å². The summed E-state index contributed by atoms with van der Waals surface area (Å²) in [6.45, 7) is 3.13. The molecule has 0 radical (unpaired) electrons. The SMILES string of the molecule is c1csc(CN2CCc3ncsc3C2)n1. The number of nitrogens with zero attached hydrogens (tertiary/aromatic N) is 3. The maximum absolute atomic E-state index is 4.37. The number of rotatable bonds is 2. The molecule has 0 unspecified atom stereocenters. The Morgan fingerprint density at radius 1 is 1.33 bits per heavy atom. The minimum Gasteiger partial charge on any atom is -0.291 e. The third-order valence-corrected chi connectivity index (χ3v) is 4.22. The lowest BCUT2D eigenvalue weighted by Gasteiger charge is -2.24. The van der Waals surface area contributed by atoms with Crippen molar-refractivity contribution in [3.63, 3.8) is 0 Å². The van der Waals surface area contributed by atoms with Gasteiger partial charge in [0.15, 0.2) is 0 Å². The second-order valence-electron chi connectivity index (χ2n) is 3.61. The summed E-state index contributed by atoms with van der Waals surface area (Å²) in [4.78, 5) is 12.6. The van der Waals surface area contributed by atoms with E-state index in [2.05, 4.69) is 14.9 Å². The molecule has 3 rings (SSSR count). The summed E-state index contributed by atoms with van der Waals surface area (Å²) in [7, 11) is 0. The molecule has 1 aliphatic rings. The Kier molecular flexibility index (Phi) is 2.52. The smallest absolute Gasteiger partial charge is 0.107 e. The summed E-state index contributed by atoms with van der Waals surface area (Å²) >= 11 is 3.51. The van der Waals surface area contributed by atoms with Gasteiger partial charge in [-0.2, -0.15) is 0 Å². The van der Waals surface area contributed by atoms with Crippen LogP contribution in [0.2, 0.25) is 0 Å². The highest BCUT2D eigenvalue weighted by Crippen LogP contribution is 2.23. The van der Waals surface area contributed by atoms with Gasteiger partial charge in [0, 0.05) is 36.0 Å². The van der Waals surface area contributed by atoms with Crippen molar-refractivity contribution in [3.05, 3.63) is 32.7 Å². The van der Waals surface area contributed by atoms with E-state index in [1.807, 2.05) is 17.1 Å². The molecule has 3 nitrogen and oxygen atoms in total. The van der Waals surface area contributed by atoms with Crippen molar-refractivity contribution in [1.82, 2.24) is 14.9 Å². The maximum Gasteiger partial charge on any atom is 0.107 e. The number of thiazole rings is 2. The minimum absolute atomic E-state index is 0.981. The molecule has 0 saturated carbocycles. The number of aromatic nitrogens is 2. The standard InChI is InChI=1S/C10H11N3S2/c1-3-13(6-10-11-2-4-14-10)5-9-8(1)12-7-15-9/h2,4,7H,1,3,5-6H2. The molecule has 0 atom stereocenters. The predicted molar refractivity (Wildman–Crippen MR) is 62.0 cm³/mol. The van der Waals surface area contributed by atoms with Gasteiger partial charge in [-0.25, -0.2) is 9.97 Å². The van der Waals surface area contributed by atoms with Crippen molar-refractivity contribution in [3.8, 4) is 0 Å². The van der Waals surface area contributed by atoms with Crippen LogP contribution in [0, 0.1) is 0 Å². The maximum atomic E-state index is 4.37. The second kappa shape index (κ2) is 4.00. The van der Waals surface area contributed by atoms with E-state index in [0.717, 1.165) is 26.1 Å². The van der Waals surface area contributed by atoms with Gasteiger partial charge < -0.3 is 0 Å². The molecular formula is C10H11N3S2. The van der Waals surface area contributed by atoms with Gasteiger partial charge in [-0.05, 0) is 0 Å². The average Bonchev–Trinajstić information content (AvgIpc) is 2.87. The van der Waals surface area contributed by atoms with E-state index in [-0.39, 0.29) is 0 Å². The van der Waals surface area contributed by atoms with E-state index >= 15 is 0 Å². The fourth-order valence-electron chi connectivity index (χ4n) is 1.83. The first kappa shape index (κ1) is 9.45. The van der Waals surface area contributed by atoms with Crippen molar-refractivity contribution in [2.45, 2.75) is 19.5 Å². The van der Waals surface area contributed by atoms with Gasteiger partial charge in [-0.3, -0.25) is 4.90 Å². The van der Waals surface area contributed by atoms with E-state index in [4.69, 9.17) is 0 Å². The van der Waals surface area contributed by atoms with Crippen molar-refractivity contribution in [1.29, 1.82) is 0 Å². The Hall–Kier alpha value is -0.780.